The standard InChI is InChI=1S/C24H23N3O/c1-16-5-10-22-21(12-16)17(2)13-23(26-22)19-6-8-20(9-7-19)24(28)27-11-3-4-18(14-25)15-27/h5-10,12-13,18H,3-4,11,15H2,1-2H3/t18-/m1/s1. The first kappa shape index (κ1) is 18.2. The van der Waals surface area contributed by atoms with Crippen molar-refractivity contribution in [1.29, 1.82) is 5.26 Å². The molecule has 0 saturated carbocycles. The van der Waals surface area contributed by atoms with Crippen LogP contribution in [-0.4, -0.2) is 28.9 Å². The zero-order valence-corrected chi connectivity index (χ0v) is 16.3. The van der Waals surface area contributed by atoms with E-state index in [4.69, 9.17) is 10.2 Å². The molecule has 1 amide bonds. The van der Waals surface area contributed by atoms with Crippen LogP contribution < -0.4 is 0 Å². The average molecular weight is 369 g/mol. The number of carbonyl (C=O) groups is 1. The quantitative estimate of drug-likeness (QED) is 0.646. The van der Waals surface area contributed by atoms with Crippen molar-refractivity contribution in [2.75, 3.05) is 13.1 Å². The molecule has 1 atom stereocenters. The number of amides is 1. The number of fused-ring (bicyclic) bond motifs is 1. The third kappa shape index (κ3) is 3.48. The minimum atomic E-state index is -0.0506. The molecule has 0 aliphatic carbocycles. The summed E-state index contributed by atoms with van der Waals surface area (Å²) < 4.78 is 0. The smallest absolute Gasteiger partial charge is 0.253 e. The maximum Gasteiger partial charge on any atom is 0.253 e. The number of benzene rings is 2. The molecule has 1 saturated heterocycles. The lowest BCUT2D eigenvalue weighted by molar-refractivity contribution is 0.0699. The molecular formula is C24H23N3O. The predicted octanol–water partition coefficient (Wildman–Crippen LogP) is 4.89. The Kier molecular flexibility index (Phi) is 4.83. The Morgan fingerprint density at radius 3 is 2.68 bits per heavy atom. The lowest BCUT2D eigenvalue weighted by Crippen LogP contribution is -2.39. The van der Waals surface area contributed by atoms with Crippen molar-refractivity contribution in [3.05, 3.63) is 65.2 Å². The largest absolute Gasteiger partial charge is 0.337 e. The summed E-state index contributed by atoms with van der Waals surface area (Å²) in [7, 11) is 0. The van der Waals surface area contributed by atoms with E-state index in [1.807, 2.05) is 24.3 Å². The van der Waals surface area contributed by atoms with Crippen molar-refractivity contribution in [3.63, 3.8) is 0 Å². The molecule has 2 aromatic carbocycles. The van der Waals surface area contributed by atoms with Crippen molar-refractivity contribution in [1.82, 2.24) is 9.88 Å². The van der Waals surface area contributed by atoms with Crippen molar-refractivity contribution in [3.8, 4) is 17.3 Å². The van der Waals surface area contributed by atoms with Gasteiger partial charge in [-0.1, -0.05) is 23.8 Å². The summed E-state index contributed by atoms with van der Waals surface area (Å²) in [6.45, 7) is 5.45. The topological polar surface area (TPSA) is 57.0 Å². The average Bonchev–Trinajstić information content (AvgIpc) is 2.73. The molecule has 0 unspecified atom stereocenters. The van der Waals surface area contributed by atoms with Crippen molar-refractivity contribution in [2.45, 2.75) is 26.7 Å². The molecule has 28 heavy (non-hydrogen) atoms. The van der Waals surface area contributed by atoms with Gasteiger partial charge in [-0.15, -0.1) is 0 Å². The molecule has 1 fully saturated rings. The summed E-state index contributed by atoms with van der Waals surface area (Å²) in [5.41, 5.74) is 5.97. The predicted molar refractivity (Wildman–Crippen MR) is 111 cm³/mol. The van der Waals surface area contributed by atoms with E-state index in [1.165, 1.54) is 16.5 Å². The fourth-order valence-electron chi connectivity index (χ4n) is 3.89. The normalized spacial score (nSPS) is 16.8. The molecule has 0 N–H and O–H groups in total. The lowest BCUT2D eigenvalue weighted by Gasteiger charge is -2.29. The van der Waals surface area contributed by atoms with Gasteiger partial charge in [0.1, 0.15) is 0 Å². The molecule has 140 valence electrons. The number of hydrogen-bond donors (Lipinski definition) is 0. The number of hydrogen-bond acceptors (Lipinski definition) is 3. The van der Waals surface area contributed by atoms with Gasteiger partial charge >= 0.3 is 0 Å². The Labute approximate surface area is 165 Å². The van der Waals surface area contributed by atoms with Crippen LogP contribution in [0, 0.1) is 31.1 Å². The highest BCUT2D eigenvalue weighted by atomic mass is 16.2. The number of nitriles is 1. The van der Waals surface area contributed by atoms with Gasteiger partial charge in [0.25, 0.3) is 5.91 Å². The highest BCUT2D eigenvalue weighted by Gasteiger charge is 2.24. The number of rotatable bonds is 2. The van der Waals surface area contributed by atoms with Crippen molar-refractivity contribution in [2.24, 2.45) is 5.92 Å². The molecule has 0 radical (unpaired) electrons. The van der Waals surface area contributed by atoms with Crippen LogP contribution in [-0.2, 0) is 0 Å². The molecule has 1 aromatic heterocycles. The molecular weight excluding hydrogens is 346 g/mol. The Bertz CT molecular complexity index is 1080. The summed E-state index contributed by atoms with van der Waals surface area (Å²) in [6.07, 6.45) is 1.77. The van der Waals surface area contributed by atoms with Crippen LogP contribution in [0.5, 0.6) is 0 Å². The van der Waals surface area contributed by atoms with E-state index in [0.717, 1.165) is 36.2 Å². The molecule has 0 bridgehead atoms. The maximum absolute atomic E-state index is 12.8. The molecule has 2 heterocycles. The number of pyridine rings is 1. The van der Waals surface area contributed by atoms with Crippen LogP contribution in [0.3, 0.4) is 0 Å². The second kappa shape index (κ2) is 7.44. The fraction of sp³-hybridized carbons (Fsp3) is 0.292. The molecule has 4 heteroatoms. The number of likely N-dealkylation sites (tertiary alicyclic amines) is 1. The molecule has 4 nitrogen and oxygen atoms in total. The first-order chi connectivity index (χ1) is 13.5. The van der Waals surface area contributed by atoms with E-state index < -0.39 is 0 Å². The van der Waals surface area contributed by atoms with Gasteiger partial charge in [-0.3, -0.25) is 4.79 Å². The lowest BCUT2D eigenvalue weighted by atomic mass is 9.98. The Hall–Kier alpha value is -3.19. The van der Waals surface area contributed by atoms with Crippen LogP contribution in [0.15, 0.2) is 48.5 Å². The summed E-state index contributed by atoms with van der Waals surface area (Å²) in [5, 5.41) is 10.3. The fourth-order valence-corrected chi connectivity index (χ4v) is 3.89. The summed E-state index contributed by atoms with van der Waals surface area (Å²) in [6, 6.07) is 18.3. The van der Waals surface area contributed by atoms with Crippen LogP contribution in [0.4, 0.5) is 0 Å². The first-order valence-corrected chi connectivity index (χ1v) is 9.72. The molecule has 0 spiro atoms. The van der Waals surface area contributed by atoms with E-state index in [9.17, 15) is 4.79 Å². The van der Waals surface area contributed by atoms with E-state index in [2.05, 4.69) is 44.2 Å². The number of nitrogens with zero attached hydrogens (tertiary/aromatic N) is 3. The summed E-state index contributed by atoms with van der Waals surface area (Å²) in [5.74, 6) is -0.0463. The van der Waals surface area contributed by atoms with Gasteiger partial charge in [0.15, 0.2) is 0 Å². The van der Waals surface area contributed by atoms with Crippen LogP contribution in [0.1, 0.15) is 34.3 Å². The molecule has 1 aliphatic heterocycles. The Morgan fingerprint density at radius 1 is 1.14 bits per heavy atom. The number of carbonyl (C=O) groups excluding carboxylic acids is 1. The molecule has 4 rings (SSSR count). The van der Waals surface area contributed by atoms with Gasteiger partial charge in [0.2, 0.25) is 0 Å². The van der Waals surface area contributed by atoms with Crippen LogP contribution in [0.2, 0.25) is 0 Å². The van der Waals surface area contributed by atoms with Gasteiger partial charge in [0.05, 0.1) is 23.2 Å². The van der Waals surface area contributed by atoms with E-state index in [0.29, 0.717) is 12.1 Å². The second-order valence-corrected chi connectivity index (χ2v) is 7.64. The Balaban J connectivity index is 1.60. The maximum atomic E-state index is 12.8. The zero-order valence-electron chi connectivity index (χ0n) is 16.3. The van der Waals surface area contributed by atoms with Crippen LogP contribution >= 0.6 is 0 Å². The Morgan fingerprint density at radius 2 is 1.93 bits per heavy atom. The number of aromatic nitrogens is 1. The minimum absolute atomic E-state index is 0.00428. The van der Waals surface area contributed by atoms with Gasteiger partial charge in [-0.25, -0.2) is 4.98 Å². The van der Waals surface area contributed by atoms with E-state index in [1.54, 1.807) is 4.90 Å². The van der Waals surface area contributed by atoms with E-state index in [-0.39, 0.29) is 11.8 Å². The van der Waals surface area contributed by atoms with Crippen LogP contribution in [0.25, 0.3) is 22.2 Å². The molecule has 1 aliphatic rings. The van der Waals surface area contributed by atoms with Gasteiger partial charge in [-0.2, -0.15) is 5.26 Å². The van der Waals surface area contributed by atoms with E-state index >= 15 is 0 Å². The highest BCUT2D eigenvalue weighted by molar-refractivity contribution is 5.95. The third-order valence-corrected chi connectivity index (χ3v) is 5.49. The first-order valence-electron chi connectivity index (χ1n) is 9.72. The zero-order chi connectivity index (χ0) is 19.7. The second-order valence-electron chi connectivity index (χ2n) is 7.64. The minimum Gasteiger partial charge on any atom is -0.337 e. The summed E-state index contributed by atoms with van der Waals surface area (Å²) >= 11 is 0. The van der Waals surface area contributed by atoms with Crippen molar-refractivity contribution >= 4 is 16.8 Å². The monoisotopic (exact) mass is 369 g/mol. The third-order valence-electron chi connectivity index (χ3n) is 5.49. The number of piperidine rings is 1. The van der Waals surface area contributed by atoms with Gasteiger partial charge < -0.3 is 4.90 Å². The number of aryl methyl sites for hydroxylation is 2. The molecule has 3 aromatic rings. The summed E-state index contributed by atoms with van der Waals surface area (Å²) in [4.78, 5) is 19.4. The van der Waals surface area contributed by atoms with Crippen molar-refractivity contribution < 1.29 is 4.79 Å². The van der Waals surface area contributed by atoms with Gasteiger partial charge in [0, 0.05) is 29.6 Å². The highest BCUT2D eigenvalue weighted by Crippen LogP contribution is 2.26. The van der Waals surface area contributed by atoms with Gasteiger partial charge in [-0.05, 0) is 62.6 Å². The SMILES string of the molecule is Cc1ccc2nc(-c3ccc(C(=O)N4CCC[C@H](C#N)C4)cc3)cc(C)c2c1.